The molecule has 0 spiro atoms. The maximum atomic E-state index is 11.0. The summed E-state index contributed by atoms with van der Waals surface area (Å²) >= 11 is 0. The second-order valence-corrected chi connectivity index (χ2v) is 8.83. The van der Waals surface area contributed by atoms with Crippen molar-refractivity contribution in [2.75, 3.05) is 40.3 Å². The van der Waals surface area contributed by atoms with Gasteiger partial charge in [0.05, 0.1) is 24.9 Å². The molecular weight excluding hydrogens is 412 g/mol. The standard InChI is InChI=1S/2C11H15N3O2/c2*1-8-3-4-9(5-12-8)10-6-13(2)7-11(10)14(15)16/h2*3-5,10-11H,6-7H2,1-2H3/t2*10-,11+/m10/s1. The highest BCUT2D eigenvalue weighted by molar-refractivity contribution is 5.22. The van der Waals surface area contributed by atoms with E-state index in [2.05, 4.69) is 9.97 Å². The molecule has 2 aliphatic heterocycles. The molecule has 0 unspecified atom stereocenters. The number of aryl methyl sites for hydroxylation is 2. The van der Waals surface area contributed by atoms with Gasteiger partial charge in [-0.15, -0.1) is 0 Å². The molecule has 0 aliphatic carbocycles. The van der Waals surface area contributed by atoms with Gasteiger partial charge in [-0.1, -0.05) is 12.1 Å². The van der Waals surface area contributed by atoms with Crippen LogP contribution in [-0.4, -0.2) is 82.0 Å². The van der Waals surface area contributed by atoms with Gasteiger partial charge in [0.15, 0.2) is 0 Å². The Bertz CT molecular complexity index is 859. The predicted molar refractivity (Wildman–Crippen MR) is 120 cm³/mol. The minimum atomic E-state index is -0.505. The van der Waals surface area contributed by atoms with Crippen LogP contribution in [-0.2, 0) is 0 Å². The lowest BCUT2D eigenvalue weighted by Crippen LogP contribution is -2.27. The van der Waals surface area contributed by atoms with Crippen LogP contribution in [0.3, 0.4) is 0 Å². The minimum Gasteiger partial charge on any atom is -0.299 e. The molecule has 0 bridgehead atoms. The van der Waals surface area contributed by atoms with E-state index in [4.69, 9.17) is 0 Å². The number of pyridine rings is 2. The molecule has 172 valence electrons. The summed E-state index contributed by atoms with van der Waals surface area (Å²) < 4.78 is 0. The van der Waals surface area contributed by atoms with Crippen molar-refractivity contribution in [1.29, 1.82) is 0 Å². The summed E-state index contributed by atoms with van der Waals surface area (Å²) in [6, 6.07) is 6.70. The predicted octanol–water partition coefficient (Wildman–Crippen LogP) is 2.13. The van der Waals surface area contributed by atoms with Crippen LogP contribution in [0, 0.1) is 34.1 Å². The molecule has 0 amide bonds. The summed E-state index contributed by atoms with van der Waals surface area (Å²) in [6.45, 7) is 6.33. The summed E-state index contributed by atoms with van der Waals surface area (Å²) in [4.78, 5) is 34.0. The minimum absolute atomic E-state index is 0.0342. The van der Waals surface area contributed by atoms with Gasteiger partial charge in [-0.2, -0.15) is 0 Å². The third-order valence-electron chi connectivity index (χ3n) is 6.21. The molecule has 0 aromatic carbocycles. The number of nitrogens with zero attached hydrogens (tertiary/aromatic N) is 6. The number of rotatable bonds is 4. The maximum absolute atomic E-state index is 11.0. The van der Waals surface area contributed by atoms with Gasteiger partial charge < -0.3 is 0 Å². The Kier molecular flexibility index (Phi) is 7.47. The Morgan fingerprint density at radius 1 is 0.750 bits per heavy atom. The van der Waals surface area contributed by atoms with Crippen molar-refractivity contribution in [3.8, 4) is 0 Å². The normalized spacial score (nSPS) is 25.9. The van der Waals surface area contributed by atoms with Crippen molar-refractivity contribution in [2.45, 2.75) is 37.8 Å². The van der Waals surface area contributed by atoms with E-state index in [0.29, 0.717) is 13.1 Å². The Balaban J connectivity index is 0.000000181. The van der Waals surface area contributed by atoms with Crippen molar-refractivity contribution in [1.82, 2.24) is 19.8 Å². The monoisotopic (exact) mass is 442 g/mol. The fourth-order valence-electron chi connectivity index (χ4n) is 4.44. The molecule has 2 aliphatic rings. The number of aromatic nitrogens is 2. The number of hydrogen-bond acceptors (Lipinski definition) is 8. The zero-order valence-electron chi connectivity index (χ0n) is 18.9. The van der Waals surface area contributed by atoms with Crippen molar-refractivity contribution < 1.29 is 9.85 Å². The molecule has 10 heteroatoms. The first-order valence-corrected chi connectivity index (χ1v) is 10.6. The van der Waals surface area contributed by atoms with Crippen LogP contribution >= 0.6 is 0 Å². The highest BCUT2D eigenvalue weighted by atomic mass is 16.6. The van der Waals surface area contributed by atoms with E-state index in [1.54, 1.807) is 12.4 Å². The lowest BCUT2D eigenvalue weighted by molar-refractivity contribution is -0.521. The van der Waals surface area contributed by atoms with Crippen LogP contribution < -0.4 is 0 Å². The van der Waals surface area contributed by atoms with E-state index in [9.17, 15) is 20.2 Å². The average molecular weight is 443 g/mol. The molecule has 0 saturated carbocycles. The SMILES string of the molecule is Cc1ccc([C@@H]2CN(C)C[C@H]2[N+](=O)[O-])cn1.Cc1ccc([C@H]2CN(C)C[C@@H]2[N+](=O)[O-])cn1. The molecule has 0 N–H and O–H groups in total. The van der Waals surface area contributed by atoms with Gasteiger partial charge in [0, 0.05) is 46.7 Å². The molecule has 4 rings (SSSR count). The summed E-state index contributed by atoms with van der Waals surface area (Å²) in [5.74, 6) is -0.0683. The highest BCUT2D eigenvalue weighted by Crippen LogP contribution is 2.29. The summed E-state index contributed by atoms with van der Waals surface area (Å²) in [7, 11) is 3.83. The van der Waals surface area contributed by atoms with E-state index in [1.165, 1.54) is 0 Å². The van der Waals surface area contributed by atoms with Crippen molar-refractivity contribution in [3.05, 3.63) is 79.4 Å². The lowest BCUT2D eigenvalue weighted by Gasteiger charge is -2.11. The average Bonchev–Trinajstić information content (AvgIpc) is 3.33. The van der Waals surface area contributed by atoms with Crippen molar-refractivity contribution in [2.24, 2.45) is 0 Å². The van der Waals surface area contributed by atoms with Crippen LogP contribution in [0.4, 0.5) is 0 Å². The molecule has 2 aromatic heterocycles. The van der Waals surface area contributed by atoms with Crippen molar-refractivity contribution >= 4 is 0 Å². The molecule has 4 atom stereocenters. The summed E-state index contributed by atoms with van der Waals surface area (Å²) in [5, 5.41) is 21.9. The van der Waals surface area contributed by atoms with Crippen molar-refractivity contribution in [3.63, 3.8) is 0 Å². The summed E-state index contributed by atoms with van der Waals surface area (Å²) in [5.41, 5.74) is 3.81. The van der Waals surface area contributed by atoms with Gasteiger partial charge in [-0.3, -0.25) is 40.0 Å². The van der Waals surface area contributed by atoms with E-state index in [0.717, 1.165) is 35.6 Å². The lowest BCUT2D eigenvalue weighted by atomic mass is 9.96. The number of nitro groups is 2. The zero-order chi connectivity index (χ0) is 23.4. The number of likely N-dealkylation sites (N-methyl/N-ethyl adjacent to an activating group) is 2. The molecular formula is C22H30N6O4. The molecule has 2 aromatic rings. The van der Waals surface area contributed by atoms with Gasteiger partial charge in [-0.05, 0) is 51.2 Å². The first-order chi connectivity index (χ1) is 15.2. The second-order valence-electron chi connectivity index (χ2n) is 8.83. The zero-order valence-corrected chi connectivity index (χ0v) is 18.9. The van der Waals surface area contributed by atoms with E-state index >= 15 is 0 Å². The molecule has 2 saturated heterocycles. The summed E-state index contributed by atoms with van der Waals surface area (Å²) in [6.07, 6.45) is 3.52. The van der Waals surface area contributed by atoms with Gasteiger partial charge in [0.2, 0.25) is 12.1 Å². The maximum Gasteiger partial charge on any atom is 0.233 e. The highest BCUT2D eigenvalue weighted by Gasteiger charge is 2.41. The molecule has 2 fully saturated rings. The second kappa shape index (κ2) is 10.1. The van der Waals surface area contributed by atoms with Gasteiger partial charge >= 0.3 is 0 Å². The molecule has 0 radical (unpaired) electrons. The van der Waals surface area contributed by atoms with Crippen LogP contribution in [0.15, 0.2) is 36.7 Å². The number of hydrogen-bond donors (Lipinski definition) is 0. The van der Waals surface area contributed by atoms with E-state index in [-0.39, 0.29) is 21.7 Å². The fraction of sp³-hybridized carbons (Fsp3) is 0.545. The fourth-order valence-corrected chi connectivity index (χ4v) is 4.44. The Hall–Kier alpha value is -2.98. The first kappa shape index (κ1) is 23.7. The smallest absolute Gasteiger partial charge is 0.233 e. The third kappa shape index (κ3) is 5.63. The molecule has 10 nitrogen and oxygen atoms in total. The van der Waals surface area contributed by atoms with Crippen LogP contribution in [0.2, 0.25) is 0 Å². The number of likely N-dealkylation sites (tertiary alicyclic amines) is 2. The topological polar surface area (TPSA) is 119 Å². The van der Waals surface area contributed by atoms with Crippen LogP contribution in [0.25, 0.3) is 0 Å². The Morgan fingerprint density at radius 2 is 1.12 bits per heavy atom. The van der Waals surface area contributed by atoms with Crippen LogP contribution in [0.1, 0.15) is 34.4 Å². The van der Waals surface area contributed by atoms with Gasteiger partial charge in [-0.25, -0.2) is 0 Å². The Morgan fingerprint density at radius 3 is 1.41 bits per heavy atom. The first-order valence-electron chi connectivity index (χ1n) is 10.6. The third-order valence-corrected chi connectivity index (χ3v) is 6.21. The molecule has 4 heterocycles. The van der Waals surface area contributed by atoms with Gasteiger partial charge in [0.1, 0.15) is 0 Å². The largest absolute Gasteiger partial charge is 0.299 e. The quantitative estimate of drug-likeness (QED) is 0.522. The van der Waals surface area contributed by atoms with E-state index in [1.807, 2.05) is 62.0 Å². The van der Waals surface area contributed by atoms with Crippen LogP contribution in [0.5, 0.6) is 0 Å². The molecule has 32 heavy (non-hydrogen) atoms. The van der Waals surface area contributed by atoms with E-state index < -0.39 is 12.1 Å². The van der Waals surface area contributed by atoms with Gasteiger partial charge in [0.25, 0.3) is 0 Å². The Labute approximate surface area is 187 Å².